The second kappa shape index (κ2) is 17.1. The van der Waals surface area contributed by atoms with Crippen molar-refractivity contribution in [3.05, 3.63) is 0 Å². The number of rotatable bonds is 8. The van der Waals surface area contributed by atoms with Crippen LogP contribution in [0.3, 0.4) is 0 Å². The van der Waals surface area contributed by atoms with Gasteiger partial charge in [-0.2, -0.15) is 0 Å². The lowest BCUT2D eigenvalue weighted by atomic mass is 9.72. The van der Waals surface area contributed by atoms with Crippen LogP contribution in [-0.4, -0.2) is 201 Å². The first kappa shape index (κ1) is 41.4. The summed E-state index contributed by atoms with van der Waals surface area (Å²) in [7, 11) is 0. The Bertz CT molecular complexity index is 1200. The SMILES string of the molecule is C[C@@H]1O[C@@H](OC[C@H]2O[C@@H](OC3CC4C(O)CC(O)CC4[OH+]C3C3CCC(O)C(O)C3)[C@H](OC(=O)C3CC(O)C(O)C(O)C3)[C@@H](O)[C@H]2O)[C@H](O)[C@H](O)[C@H]1O. The molecule has 0 aromatic rings. The van der Waals surface area contributed by atoms with Crippen LogP contribution in [0.15, 0.2) is 0 Å². The van der Waals surface area contributed by atoms with E-state index in [1.165, 1.54) is 6.92 Å². The van der Waals surface area contributed by atoms with Gasteiger partial charge in [0.2, 0.25) is 0 Å². The highest BCUT2D eigenvalue weighted by Gasteiger charge is 2.56. The molecule has 3 heterocycles. The van der Waals surface area contributed by atoms with Gasteiger partial charge in [-0.05, 0) is 45.4 Å². The molecule has 6 aliphatic rings. The standard InChI is InChI=1S/C34H56O19/c1-11-24(41)27(44)29(46)33(49-11)48-10-23-26(43)28(45)31(53-32(47)13-5-19(39)25(42)20(40)6-13)34(52-23)51-22-9-15-17(37)7-14(35)8-21(15)50-30(22)12-2-3-16(36)18(38)4-12/h11-31,33-46H,2-10H2,1H3/p+1/t11-,12?,13?,14?,15?,16?,17?,18?,19?,20?,21?,22?,23+,24-,25?,26-,27+,28-,29+,30?,31+,33+,34+/m0/s1. The van der Waals surface area contributed by atoms with E-state index in [4.69, 9.17) is 28.4 Å². The molecule has 13 N–H and O–H groups in total. The van der Waals surface area contributed by atoms with Crippen LogP contribution in [0.25, 0.3) is 0 Å². The van der Waals surface area contributed by atoms with Gasteiger partial charge in [-0.1, -0.05) is 0 Å². The molecule has 3 saturated carbocycles. The van der Waals surface area contributed by atoms with Crippen LogP contribution in [0, 0.1) is 17.8 Å². The van der Waals surface area contributed by atoms with Gasteiger partial charge in [-0.3, -0.25) is 4.79 Å². The van der Waals surface area contributed by atoms with E-state index < -0.39 is 147 Å². The summed E-state index contributed by atoms with van der Waals surface area (Å²) in [5, 5.41) is 126. The molecule has 21 atom stereocenters. The number of fused-ring (bicyclic) bond motifs is 1. The van der Waals surface area contributed by atoms with Crippen molar-refractivity contribution < 1.29 is 94.5 Å². The first-order valence-electron chi connectivity index (χ1n) is 18.7. The molecule has 3 aliphatic heterocycles. The third kappa shape index (κ3) is 8.86. The second-order valence-corrected chi connectivity index (χ2v) is 15.9. The topological polar surface area (TPSA) is 319 Å². The van der Waals surface area contributed by atoms with Gasteiger partial charge in [0, 0.05) is 18.8 Å². The lowest BCUT2D eigenvalue weighted by Gasteiger charge is -2.49. The molecule has 0 spiro atoms. The maximum atomic E-state index is 13.5. The van der Waals surface area contributed by atoms with Crippen LogP contribution >= 0.6 is 0 Å². The zero-order chi connectivity index (χ0) is 38.5. The number of hydrogen-bond acceptors (Lipinski definition) is 18. The van der Waals surface area contributed by atoms with E-state index >= 15 is 0 Å². The number of ether oxygens (including phenoxy) is 6. The van der Waals surface area contributed by atoms with Crippen LogP contribution in [0.1, 0.15) is 58.3 Å². The first-order valence-corrected chi connectivity index (χ1v) is 18.7. The van der Waals surface area contributed by atoms with E-state index in [0.717, 1.165) is 0 Å². The fourth-order valence-corrected chi connectivity index (χ4v) is 8.93. The molecular formula is C34H57O19+. The average Bonchev–Trinajstić information content (AvgIpc) is 3.11. The summed E-state index contributed by atoms with van der Waals surface area (Å²) in [6.45, 7) is 0.896. The number of aliphatic hydroxyl groups is 14. The van der Waals surface area contributed by atoms with Gasteiger partial charge in [0.15, 0.2) is 30.9 Å². The maximum absolute atomic E-state index is 13.5. The molecule has 306 valence electrons. The number of carbonyl (C=O) groups is 1. The number of hydrogen-bond donors (Lipinski definition) is 12. The zero-order valence-electron chi connectivity index (χ0n) is 29.4. The number of esters is 1. The monoisotopic (exact) mass is 769 g/mol. The average molecular weight is 770 g/mol. The van der Waals surface area contributed by atoms with Crippen LogP contribution in [0.2, 0.25) is 0 Å². The highest BCUT2D eigenvalue weighted by atomic mass is 16.7. The van der Waals surface area contributed by atoms with Crippen LogP contribution in [0.4, 0.5) is 0 Å². The minimum Gasteiger partial charge on any atom is -0.454 e. The summed E-state index contributed by atoms with van der Waals surface area (Å²) in [4.78, 5) is 13.5. The molecule has 3 aliphatic carbocycles. The van der Waals surface area contributed by atoms with Crippen molar-refractivity contribution in [3.8, 4) is 0 Å². The second-order valence-electron chi connectivity index (χ2n) is 15.9. The minimum absolute atomic E-state index is 0.111. The largest absolute Gasteiger partial charge is 0.454 e. The van der Waals surface area contributed by atoms with Crippen molar-refractivity contribution in [1.82, 2.24) is 0 Å². The molecule has 0 radical (unpaired) electrons. The van der Waals surface area contributed by atoms with E-state index in [1.54, 1.807) is 0 Å². The predicted molar refractivity (Wildman–Crippen MR) is 173 cm³/mol. The van der Waals surface area contributed by atoms with Crippen LogP contribution in [0.5, 0.6) is 0 Å². The highest BCUT2D eigenvalue weighted by Crippen LogP contribution is 2.42. The molecule has 0 amide bonds. The first-order chi connectivity index (χ1) is 25.0. The van der Waals surface area contributed by atoms with Crippen molar-refractivity contribution in [3.63, 3.8) is 0 Å². The molecule has 3 saturated heterocycles. The lowest BCUT2D eigenvalue weighted by Crippen LogP contribution is -2.64. The molecule has 0 aromatic carbocycles. The molecule has 53 heavy (non-hydrogen) atoms. The quantitative estimate of drug-likeness (QED) is 0.0809. The van der Waals surface area contributed by atoms with Gasteiger partial charge >= 0.3 is 5.97 Å². The zero-order valence-corrected chi connectivity index (χ0v) is 29.4. The van der Waals surface area contributed by atoms with Gasteiger partial charge in [0.05, 0.1) is 61.2 Å². The summed E-state index contributed by atoms with van der Waals surface area (Å²) in [5.41, 5.74) is 0. The fourth-order valence-electron chi connectivity index (χ4n) is 8.93. The van der Waals surface area contributed by atoms with Gasteiger partial charge in [-0.25, -0.2) is 0 Å². The normalized spacial score (nSPS) is 53.8. The van der Waals surface area contributed by atoms with Crippen molar-refractivity contribution in [2.75, 3.05) is 6.61 Å². The molecule has 11 unspecified atom stereocenters. The smallest absolute Gasteiger partial charge is 0.309 e. The molecule has 19 heteroatoms. The van der Waals surface area contributed by atoms with Crippen molar-refractivity contribution in [2.24, 2.45) is 17.8 Å². The summed E-state index contributed by atoms with van der Waals surface area (Å²) in [6, 6.07) is 0. The highest BCUT2D eigenvalue weighted by molar-refractivity contribution is 5.73. The van der Waals surface area contributed by atoms with Crippen LogP contribution in [-0.2, 0) is 28.5 Å². The molecular weight excluding hydrogens is 712 g/mol. The Morgan fingerprint density at radius 2 is 1.36 bits per heavy atom. The number of carbonyl (C=O) groups excluding carboxylic acids is 1. The van der Waals surface area contributed by atoms with Gasteiger partial charge < -0.3 is 89.7 Å². The Morgan fingerprint density at radius 1 is 0.660 bits per heavy atom. The van der Waals surface area contributed by atoms with E-state index in [2.05, 4.69) is 0 Å². The Morgan fingerprint density at radius 3 is 2.04 bits per heavy atom. The molecule has 19 nitrogen and oxygen atoms in total. The van der Waals surface area contributed by atoms with E-state index in [-0.39, 0.29) is 44.4 Å². The van der Waals surface area contributed by atoms with E-state index in [1.807, 2.05) is 0 Å². The van der Waals surface area contributed by atoms with Crippen molar-refractivity contribution in [2.45, 2.75) is 181 Å². The number of aliphatic hydroxyl groups excluding tert-OH is 12. The van der Waals surface area contributed by atoms with Crippen LogP contribution < -0.4 is 0 Å². The van der Waals surface area contributed by atoms with Crippen molar-refractivity contribution >= 4 is 5.97 Å². The maximum Gasteiger partial charge on any atom is 0.309 e. The molecule has 6 rings (SSSR count). The molecule has 0 bridgehead atoms. The molecule has 0 aromatic heterocycles. The van der Waals surface area contributed by atoms with Gasteiger partial charge in [0.25, 0.3) is 0 Å². The summed E-state index contributed by atoms with van der Waals surface area (Å²) in [5.74, 6) is -2.87. The third-order valence-corrected chi connectivity index (χ3v) is 12.2. The van der Waals surface area contributed by atoms with E-state index in [0.29, 0.717) is 12.8 Å². The molecule has 6 fully saturated rings. The summed E-state index contributed by atoms with van der Waals surface area (Å²) >= 11 is 0. The van der Waals surface area contributed by atoms with Crippen molar-refractivity contribution in [1.29, 1.82) is 0 Å². The Labute approximate surface area is 305 Å². The fraction of sp³-hybridized carbons (Fsp3) is 0.971. The Balaban J connectivity index is 1.25. The lowest BCUT2D eigenvalue weighted by molar-refractivity contribution is -0.363. The Kier molecular flexibility index (Phi) is 13.4. The van der Waals surface area contributed by atoms with E-state index in [9.17, 15) is 66.1 Å². The van der Waals surface area contributed by atoms with Gasteiger partial charge in [-0.15, -0.1) is 0 Å². The third-order valence-electron chi connectivity index (χ3n) is 12.2. The van der Waals surface area contributed by atoms with Gasteiger partial charge in [0.1, 0.15) is 48.8 Å². The Hall–Kier alpha value is -1.21. The predicted octanol–water partition coefficient (Wildman–Crippen LogP) is -5.61. The summed E-state index contributed by atoms with van der Waals surface area (Å²) in [6.07, 6.45) is -24.7. The summed E-state index contributed by atoms with van der Waals surface area (Å²) < 4.78 is 34.5. The minimum atomic E-state index is -1.88.